The van der Waals surface area contributed by atoms with Crippen LogP contribution in [0.3, 0.4) is 0 Å². The van der Waals surface area contributed by atoms with Crippen molar-refractivity contribution in [1.29, 1.82) is 0 Å². The summed E-state index contributed by atoms with van der Waals surface area (Å²) in [5.74, 6) is 1.25. The molecule has 0 fully saturated rings. The summed E-state index contributed by atoms with van der Waals surface area (Å²) in [4.78, 5) is 8.82. The number of aromatic amines is 1. The third kappa shape index (κ3) is 4.86. The van der Waals surface area contributed by atoms with Crippen molar-refractivity contribution in [1.82, 2.24) is 20.2 Å². The first-order chi connectivity index (χ1) is 13.2. The Balaban J connectivity index is 1.70. The zero-order valence-corrected chi connectivity index (χ0v) is 17.1. The van der Waals surface area contributed by atoms with E-state index in [0.29, 0.717) is 17.3 Å². The molecule has 0 amide bonds. The maximum absolute atomic E-state index is 11.6. The second-order valence-corrected chi connectivity index (χ2v) is 9.42. The van der Waals surface area contributed by atoms with Crippen molar-refractivity contribution in [2.24, 2.45) is 0 Å². The molecule has 8 nitrogen and oxygen atoms in total. The van der Waals surface area contributed by atoms with Gasteiger partial charge in [0.1, 0.15) is 5.82 Å². The number of aromatic nitrogens is 4. The van der Waals surface area contributed by atoms with Crippen LogP contribution in [0.15, 0.2) is 42.7 Å². The number of H-pyrrole nitrogens is 1. The largest absolute Gasteiger partial charge is 0.322 e. The Morgan fingerprint density at radius 2 is 1.75 bits per heavy atom. The maximum atomic E-state index is 11.6. The number of anilines is 3. The van der Waals surface area contributed by atoms with Crippen LogP contribution in [0.2, 0.25) is 0 Å². The molecule has 0 saturated heterocycles. The van der Waals surface area contributed by atoms with Gasteiger partial charge in [-0.2, -0.15) is 5.10 Å². The lowest BCUT2D eigenvalue weighted by atomic mass is 9.93. The van der Waals surface area contributed by atoms with Crippen molar-refractivity contribution in [3.63, 3.8) is 0 Å². The summed E-state index contributed by atoms with van der Waals surface area (Å²) in [6.45, 7) is 7.85. The van der Waals surface area contributed by atoms with Gasteiger partial charge in [-0.3, -0.25) is 14.8 Å². The number of nitrogens with zero attached hydrogens (tertiary/aromatic N) is 3. The number of sulfonamides is 1. The fourth-order valence-corrected chi connectivity index (χ4v) is 3.05. The molecule has 148 valence electrons. The van der Waals surface area contributed by atoms with Crippen molar-refractivity contribution in [3.8, 4) is 11.3 Å². The fraction of sp³-hybridized carbons (Fsp3) is 0.316. The maximum Gasteiger partial charge on any atom is 0.232 e. The average molecular weight is 401 g/mol. The van der Waals surface area contributed by atoms with E-state index in [-0.39, 0.29) is 11.2 Å². The monoisotopic (exact) mass is 400 g/mol. The van der Waals surface area contributed by atoms with Crippen molar-refractivity contribution in [2.45, 2.75) is 33.1 Å². The molecular formula is C19H24N6O2S. The molecule has 28 heavy (non-hydrogen) atoms. The van der Waals surface area contributed by atoms with Gasteiger partial charge < -0.3 is 5.32 Å². The minimum atomic E-state index is -3.29. The molecule has 0 aliphatic heterocycles. The zero-order chi connectivity index (χ0) is 20.4. The van der Waals surface area contributed by atoms with Crippen LogP contribution in [-0.2, 0) is 15.4 Å². The highest BCUT2D eigenvalue weighted by atomic mass is 32.2. The third-order valence-corrected chi connectivity index (χ3v) is 5.41. The molecule has 0 bridgehead atoms. The van der Waals surface area contributed by atoms with E-state index in [9.17, 15) is 8.42 Å². The molecule has 0 aliphatic carbocycles. The lowest BCUT2D eigenvalue weighted by Gasteiger charge is -2.16. The molecular weight excluding hydrogens is 376 g/mol. The smallest absolute Gasteiger partial charge is 0.232 e. The summed E-state index contributed by atoms with van der Waals surface area (Å²) in [5.41, 5.74) is 3.07. The fourth-order valence-electron chi connectivity index (χ4n) is 2.41. The van der Waals surface area contributed by atoms with Crippen LogP contribution in [0, 0.1) is 0 Å². The highest BCUT2D eigenvalue weighted by molar-refractivity contribution is 7.92. The quantitative estimate of drug-likeness (QED) is 0.582. The molecule has 2 aromatic heterocycles. The molecule has 3 rings (SSSR count). The molecule has 0 radical (unpaired) electrons. The van der Waals surface area contributed by atoms with Crippen molar-refractivity contribution >= 4 is 27.3 Å². The predicted molar refractivity (Wildman–Crippen MR) is 111 cm³/mol. The lowest BCUT2D eigenvalue weighted by molar-refractivity contribution is 0.566. The average Bonchev–Trinajstić information content (AvgIpc) is 3.10. The zero-order valence-electron chi connectivity index (χ0n) is 16.3. The summed E-state index contributed by atoms with van der Waals surface area (Å²) in [5, 5.41) is 10.3. The van der Waals surface area contributed by atoms with Gasteiger partial charge in [-0.25, -0.2) is 13.4 Å². The van der Waals surface area contributed by atoms with Gasteiger partial charge >= 0.3 is 0 Å². The van der Waals surface area contributed by atoms with Crippen LogP contribution >= 0.6 is 0 Å². The lowest BCUT2D eigenvalue weighted by Crippen LogP contribution is -2.14. The highest BCUT2D eigenvalue weighted by Gasteiger charge is 2.15. The minimum Gasteiger partial charge on any atom is -0.322 e. The Morgan fingerprint density at radius 1 is 1.04 bits per heavy atom. The van der Waals surface area contributed by atoms with Gasteiger partial charge in [0.05, 0.1) is 29.5 Å². The van der Waals surface area contributed by atoms with Crippen LogP contribution in [0.1, 0.15) is 33.4 Å². The van der Waals surface area contributed by atoms with E-state index in [2.05, 4.69) is 51.0 Å². The van der Waals surface area contributed by atoms with E-state index in [1.54, 1.807) is 31.5 Å². The highest BCUT2D eigenvalue weighted by Crippen LogP contribution is 2.24. The SMILES string of the molecule is CCS(=O)(=O)Nc1ccc(-c2cc(Nc3cnc(C(C)(C)C)cn3)n[nH]2)cc1. The van der Waals surface area contributed by atoms with Crippen LogP contribution in [-0.4, -0.2) is 34.3 Å². The molecule has 0 saturated carbocycles. The van der Waals surface area contributed by atoms with Gasteiger partial charge in [-0.1, -0.05) is 32.9 Å². The molecule has 1 aromatic carbocycles. The standard InChI is InChI=1S/C19H24N6O2S/c1-5-28(26,27)25-14-8-6-13(7-9-14)15-10-17(24-23-15)22-18-12-20-16(11-21-18)19(2,3)4/h6-12,25H,5H2,1-4H3,(H2,21,22,23,24). The van der Waals surface area contributed by atoms with Gasteiger partial charge in [0.25, 0.3) is 0 Å². The van der Waals surface area contributed by atoms with Crippen LogP contribution in [0.5, 0.6) is 0 Å². The topological polar surface area (TPSA) is 113 Å². The van der Waals surface area contributed by atoms with Gasteiger partial charge in [0.15, 0.2) is 5.82 Å². The number of benzene rings is 1. The normalized spacial score (nSPS) is 12.0. The molecule has 0 spiro atoms. The molecule has 0 aliphatic rings. The minimum absolute atomic E-state index is 0.0317. The van der Waals surface area contributed by atoms with Gasteiger partial charge in [-0.15, -0.1) is 0 Å². The summed E-state index contributed by atoms with van der Waals surface area (Å²) < 4.78 is 25.8. The van der Waals surface area contributed by atoms with E-state index in [4.69, 9.17) is 0 Å². The summed E-state index contributed by atoms with van der Waals surface area (Å²) in [7, 11) is -3.29. The first-order valence-electron chi connectivity index (χ1n) is 8.92. The molecule has 2 heterocycles. The molecule has 0 atom stereocenters. The van der Waals surface area contributed by atoms with E-state index < -0.39 is 10.0 Å². The first kappa shape index (κ1) is 19.8. The van der Waals surface area contributed by atoms with E-state index in [1.165, 1.54) is 0 Å². The molecule has 0 unspecified atom stereocenters. The van der Waals surface area contributed by atoms with Crippen molar-refractivity contribution in [3.05, 3.63) is 48.4 Å². The third-order valence-electron chi connectivity index (χ3n) is 4.10. The number of hydrogen-bond donors (Lipinski definition) is 3. The Kier molecular flexibility index (Phi) is 5.37. The van der Waals surface area contributed by atoms with Crippen molar-refractivity contribution in [2.75, 3.05) is 15.8 Å². The van der Waals surface area contributed by atoms with E-state index >= 15 is 0 Å². The molecule has 3 aromatic rings. The predicted octanol–water partition coefficient (Wildman–Crippen LogP) is 3.67. The first-order valence-corrected chi connectivity index (χ1v) is 10.6. The second-order valence-electron chi connectivity index (χ2n) is 7.41. The van der Waals surface area contributed by atoms with E-state index in [1.807, 2.05) is 18.2 Å². The Bertz CT molecular complexity index is 1040. The number of nitrogens with one attached hydrogen (secondary N) is 3. The van der Waals surface area contributed by atoms with Crippen molar-refractivity contribution < 1.29 is 8.42 Å². The summed E-state index contributed by atoms with van der Waals surface area (Å²) in [6, 6.07) is 8.93. The molecule has 9 heteroatoms. The van der Waals surface area contributed by atoms with Gasteiger partial charge in [0.2, 0.25) is 10.0 Å². The summed E-state index contributed by atoms with van der Waals surface area (Å²) >= 11 is 0. The molecule has 3 N–H and O–H groups in total. The van der Waals surface area contributed by atoms with Gasteiger partial charge in [0, 0.05) is 17.2 Å². The Hall–Kier alpha value is -2.94. The summed E-state index contributed by atoms with van der Waals surface area (Å²) in [6.07, 6.45) is 3.44. The second kappa shape index (κ2) is 7.59. The number of rotatable bonds is 6. The van der Waals surface area contributed by atoms with Crippen LogP contribution < -0.4 is 10.0 Å². The van der Waals surface area contributed by atoms with Crippen LogP contribution in [0.25, 0.3) is 11.3 Å². The number of hydrogen-bond acceptors (Lipinski definition) is 6. The van der Waals surface area contributed by atoms with Gasteiger partial charge in [-0.05, 0) is 24.6 Å². The van der Waals surface area contributed by atoms with E-state index in [0.717, 1.165) is 17.0 Å². The Labute approximate surface area is 164 Å². The Morgan fingerprint density at radius 3 is 2.32 bits per heavy atom. The van der Waals surface area contributed by atoms with Crippen LogP contribution in [0.4, 0.5) is 17.3 Å².